The molecule has 0 aromatic carbocycles. The van der Waals surface area contributed by atoms with E-state index in [0.717, 1.165) is 0 Å². The summed E-state index contributed by atoms with van der Waals surface area (Å²) in [6.45, 7) is 0. The molecular weight excluding hydrogens is 352 g/mol. The molecule has 0 atom stereocenters. The van der Waals surface area contributed by atoms with Crippen molar-refractivity contribution in [3.05, 3.63) is 0 Å². The molecule has 0 aromatic rings. The van der Waals surface area contributed by atoms with E-state index in [1.807, 2.05) is 0 Å². The number of aliphatic carboxylic acids is 2. The van der Waals surface area contributed by atoms with Crippen molar-refractivity contribution in [2.24, 2.45) is 0 Å². The number of ether oxygens (including phenoxy) is 2. The number of unbranched alkanes of at least 4 members (excludes halogenated alkanes) is 3. The summed E-state index contributed by atoms with van der Waals surface area (Å²) in [5.41, 5.74) is 0. The minimum atomic E-state index is -1.16. The molecule has 0 aliphatic carbocycles. The zero-order valence-electron chi connectivity index (χ0n) is 14.2. The monoisotopic (exact) mass is 374 g/mol. The van der Waals surface area contributed by atoms with Crippen molar-refractivity contribution in [2.45, 2.75) is 64.2 Å². The lowest BCUT2D eigenvalue weighted by Crippen LogP contribution is -2.13. The molecule has 0 heterocycles. The van der Waals surface area contributed by atoms with E-state index in [9.17, 15) is 28.8 Å². The Kier molecular flexibility index (Phi) is 12.1. The second kappa shape index (κ2) is 13.5. The molecule has 0 bridgehead atoms. The average molecular weight is 374 g/mol. The van der Waals surface area contributed by atoms with E-state index in [1.165, 1.54) is 0 Å². The Morgan fingerprint density at radius 3 is 1.08 bits per heavy atom. The van der Waals surface area contributed by atoms with Gasteiger partial charge in [0.25, 0.3) is 0 Å². The van der Waals surface area contributed by atoms with E-state index in [1.54, 1.807) is 0 Å². The summed E-state index contributed by atoms with van der Waals surface area (Å²) in [5, 5.41) is 16.8. The summed E-state index contributed by atoms with van der Waals surface area (Å²) in [4.78, 5) is 65.4. The Balaban J connectivity index is 3.65. The number of carbonyl (C=O) groups excluding carboxylic acids is 4. The summed E-state index contributed by atoms with van der Waals surface area (Å²) in [6, 6.07) is 0. The predicted molar refractivity (Wildman–Crippen MR) is 83.6 cm³/mol. The quantitative estimate of drug-likeness (QED) is 0.272. The Labute approximate surface area is 149 Å². The Morgan fingerprint density at radius 2 is 0.769 bits per heavy atom. The smallest absolute Gasteiger partial charge is 0.314 e. The van der Waals surface area contributed by atoms with Crippen LogP contribution in [-0.4, -0.2) is 46.0 Å². The van der Waals surface area contributed by atoms with Crippen molar-refractivity contribution in [1.82, 2.24) is 0 Å². The summed E-state index contributed by atoms with van der Waals surface area (Å²) in [6.07, 6.45) is 0.477. The van der Waals surface area contributed by atoms with Crippen LogP contribution < -0.4 is 0 Å². The second-order valence-electron chi connectivity index (χ2n) is 5.39. The van der Waals surface area contributed by atoms with Gasteiger partial charge < -0.3 is 19.7 Å². The van der Waals surface area contributed by atoms with E-state index in [0.29, 0.717) is 25.7 Å². The number of carboxylic acids is 2. The fourth-order valence-electron chi connectivity index (χ4n) is 1.77. The normalized spacial score (nSPS) is 10.0. The van der Waals surface area contributed by atoms with E-state index in [2.05, 4.69) is 9.47 Å². The van der Waals surface area contributed by atoms with Crippen LogP contribution in [0.1, 0.15) is 64.2 Å². The zero-order chi connectivity index (χ0) is 19.9. The number of hydrogen-bond donors (Lipinski definition) is 2. The number of hydrogen-bond acceptors (Lipinski definition) is 8. The Bertz CT molecular complexity index is 489. The Morgan fingerprint density at radius 1 is 0.462 bits per heavy atom. The van der Waals surface area contributed by atoms with Gasteiger partial charge in [0, 0.05) is 12.8 Å². The molecule has 0 fully saturated rings. The maximum atomic E-state index is 11.3. The first-order chi connectivity index (χ1) is 12.2. The molecule has 26 heavy (non-hydrogen) atoms. The third kappa shape index (κ3) is 14.8. The van der Waals surface area contributed by atoms with Gasteiger partial charge in [-0.2, -0.15) is 0 Å². The van der Waals surface area contributed by atoms with Crippen LogP contribution in [0.25, 0.3) is 0 Å². The fourth-order valence-corrected chi connectivity index (χ4v) is 1.77. The van der Waals surface area contributed by atoms with Gasteiger partial charge in [-0.15, -0.1) is 0 Å². The van der Waals surface area contributed by atoms with Crippen molar-refractivity contribution >= 4 is 35.8 Å². The van der Waals surface area contributed by atoms with E-state index in [4.69, 9.17) is 10.2 Å². The highest BCUT2D eigenvalue weighted by Crippen LogP contribution is 2.08. The SMILES string of the molecule is O=C(O)CCC(=O)OC(=O)CCCCCCC(=O)OC(=O)CCC(=O)O. The van der Waals surface area contributed by atoms with Gasteiger partial charge in [0.1, 0.15) is 0 Å². The first-order valence-corrected chi connectivity index (χ1v) is 8.11. The lowest BCUT2D eigenvalue weighted by Gasteiger charge is -2.03. The fraction of sp³-hybridized carbons (Fsp3) is 0.625. The van der Waals surface area contributed by atoms with Crippen LogP contribution in [0.3, 0.4) is 0 Å². The third-order valence-corrected chi connectivity index (χ3v) is 3.05. The molecule has 0 saturated carbocycles. The van der Waals surface area contributed by atoms with Crippen molar-refractivity contribution in [2.75, 3.05) is 0 Å². The highest BCUT2D eigenvalue weighted by molar-refractivity contribution is 5.87. The van der Waals surface area contributed by atoms with E-state index in [-0.39, 0.29) is 25.7 Å². The largest absolute Gasteiger partial charge is 0.481 e. The van der Waals surface area contributed by atoms with Crippen LogP contribution in [-0.2, 0) is 38.2 Å². The molecule has 0 rings (SSSR count). The summed E-state index contributed by atoms with van der Waals surface area (Å²) >= 11 is 0. The van der Waals surface area contributed by atoms with Crippen LogP contribution in [0.15, 0.2) is 0 Å². The molecular formula is C16H22O10. The molecule has 0 spiro atoms. The molecule has 2 N–H and O–H groups in total. The van der Waals surface area contributed by atoms with Crippen LogP contribution in [0, 0.1) is 0 Å². The highest BCUT2D eigenvalue weighted by Gasteiger charge is 2.13. The minimum absolute atomic E-state index is 0.00304. The van der Waals surface area contributed by atoms with Gasteiger partial charge in [0.2, 0.25) is 0 Å². The van der Waals surface area contributed by atoms with Gasteiger partial charge in [-0.1, -0.05) is 12.8 Å². The number of carboxylic acid groups (broad SMARTS) is 2. The molecule has 0 amide bonds. The van der Waals surface area contributed by atoms with Gasteiger partial charge in [0.05, 0.1) is 25.7 Å². The third-order valence-electron chi connectivity index (χ3n) is 3.05. The summed E-state index contributed by atoms with van der Waals surface area (Å²) in [7, 11) is 0. The molecule has 0 aromatic heterocycles. The molecule has 10 nitrogen and oxygen atoms in total. The maximum Gasteiger partial charge on any atom is 0.314 e. The molecule has 0 aliphatic heterocycles. The molecule has 0 radical (unpaired) electrons. The van der Waals surface area contributed by atoms with Crippen LogP contribution in [0.4, 0.5) is 0 Å². The van der Waals surface area contributed by atoms with Crippen molar-refractivity contribution in [3.63, 3.8) is 0 Å². The summed E-state index contributed by atoms with van der Waals surface area (Å²) in [5.74, 6) is -5.54. The molecule has 0 unspecified atom stereocenters. The zero-order valence-corrected chi connectivity index (χ0v) is 14.2. The molecule has 0 aliphatic rings. The maximum absolute atomic E-state index is 11.3. The van der Waals surface area contributed by atoms with Gasteiger partial charge in [-0.3, -0.25) is 28.8 Å². The second-order valence-corrected chi connectivity index (χ2v) is 5.39. The van der Waals surface area contributed by atoms with Gasteiger partial charge in [0.15, 0.2) is 0 Å². The number of carbonyl (C=O) groups is 6. The van der Waals surface area contributed by atoms with Crippen LogP contribution >= 0.6 is 0 Å². The van der Waals surface area contributed by atoms with Gasteiger partial charge in [-0.25, -0.2) is 0 Å². The first kappa shape index (κ1) is 23.2. The molecule has 0 saturated heterocycles. The number of esters is 4. The van der Waals surface area contributed by atoms with Crippen molar-refractivity contribution in [3.8, 4) is 0 Å². The van der Waals surface area contributed by atoms with Gasteiger partial charge >= 0.3 is 35.8 Å². The lowest BCUT2D eigenvalue weighted by atomic mass is 10.1. The van der Waals surface area contributed by atoms with E-state index < -0.39 is 48.7 Å². The van der Waals surface area contributed by atoms with Crippen molar-refractivity contribution in [1.29, 1.82) is 0 Å². The predicted octanol–water partition coefficient (Wildman–Crippen LogP) is 1.20. The highest BCUT2D eigenvalue weighted by atomic mass is 16.6. The molecule has 146 valence electrons. The average Bonchev–Trinajstić information content (AvgIpc) is 2.54. The Hall–Kier alpha value is -2.78. The lowest BCUT2D eigenvalue weighted by molar-refractivity contribution is -0.162. The first-order valence-electron chi connectivity index (χ1n) is 8.11. The standard InChI is InChI=1S/C16H22O10/c17-11(18)7-9-15(23)25-13(21)5-3-1-2-4-6-14(22)26-16(24)10-8-12(19)20/h1-10H2,(H,17,18)(H,19,20). The summed E-state index contributed by atoms with van der Waals surface area (Å²) < 4.78 is 8.87. The van der Waals surface area contributed by atoms with Crippen molar-refractivity contribution < 1.29 is 48.5 Å². The number of rotatable bonds is 13. The topological polar surface area (TPSA) is 161 Å². The van der Waals surface area contributed by atoms with E-state index >= 15 is 0 Å². The van der Waals surface area contributed by atoms with Crippen LogP contribution in [0.5, 0.6) is 0 Å². The molecule has 10 heteroatoms. The van der Waals surface area contributed by atoms with Crippen LogP contribution in [0.2, 0.25) is 0 Å². The minimum Gasteiger partial charge on any atom is -0.481 e. The van der Waals surface area contributed by atoms with Gasteiger partial charge in [-0.05, 0) is 12.8 Å².